The van der Waals surface area contributed by atoms with E-state index in [0.717, 1.165) is 37.7 Å². The van der Waals surface area contributed by atoms with Crippen LogP contribution in [0.4, 0.5) is 0 Å². The lowest BCUT2D eigenvalue weighted by Crippen LogP contribution is -2.52. The molecule has 226 valence electrons. The number of pyridine rings is 1. The van der Waals surface area contributed by atoms with E-state index in [0.29, 0.717) is 46.5 Å². The summed E-state index contributed by atoms with van der Waals surface area (Å²) in [5, 5.41) is 0. The van der Waals surface area contributed by atoms with E-state index in [4.69, 9.17) is 19.2 Å². The topological polar surface area (TPSA) is 95.8 Å². The number of ether oxygens (including phenoxy) is 3. The van der Waals surface area contributed by atoms with Gasteiger partial charge in [-0.25, -0.2) is 9.97 Å². The summed E-state index contributed by atoms with van der Waals surface area (Å²) in [5.41, 5.74) is 2.27. The van der Waals surface area contributed by atoms with Crippen molar-refractivity contribution in [2.45, 2.75) is 104 Å². The van der Waals surface area contributed by atoms with E-state index in [1.807, 2.05) is 55.4 Å². The summed E-state index contributed by atoms with van der Waals surface area (Å²) in [4.78, 5) is 38.7. The van der Waals surface area contributed by atoms with Gasteiger partial charge >= 0.3 is 5.97 Å². The van der Waals surface area contributed by atoms with Crippen molar-refractivity contribution in [3.05, 3.63) is 47.4 Å². The quantitative estimate of drug-likeness (QED) is 0.265. The molecule has 9 heteroatoms. The minimum absolute atomic E-state index is 0.00322. The standard InChI is InChI=1S/C33H44N4O5/c1-21(2)31(39)41-20-36-28-18-25(40-6)19-34-29(28)35-32(36)33(5)15-9-10-16-37(33)30(38)27-17-24(42-22(3)4)13-14-26(27)23-11-7-8-12-23/h13-14,17-19,21-23H,7-12,15-16,20H2,1-6H3/t33-/m0/s1. The average Bonchev–Trinajstić information content (AvgIpc) is 3.64. The molecule has 1 atom stereocenters. The Kier molecular flexibility index (Phi) is 8.76. The molecular weight excluding hydrogens is 532 g/mol. The Bertz CT molecular complexity index is 1440. The molecular formula is C33H44N4O5. The van der Waals surface area contributed by atoms with Gasteiger partial charge in [-0.2, -0.15) is 0 Å². The number of aromatic nitrogens is 3. The van der Waals surface area contributed by atoms with E-state index in [2.05, 4.69) is 18.0 Å². The molecule has 1 amide bonds. The first kappa shape index (κ1) is 29.9. The first-order valence-electron chi connectivity index (χ1n) is 15.3. The zero-order valence-corrected chi connectivity index (χ0v) is 25.8. The third-order valence-corrected chi connectivity index (χ3v) is 8.66. The zero-order valence-electron chi connectivity index (χ0n) is 25.8. The summed E-state index contributed by atoms with van der Waals surface area (Å²) < 4.78 is 19.1. The SMILES string of the molecule is COc1cnc2nc([C@]3(C)CCCCN3C(=O)c3cc(OC(C)C)ccc3C3CCCC3)n(COC(=O)C(C)C)c2c1. The van der Waals surface area contributed by atoms with Crippen molar-refractivity contribution < 1.29 is 23.8 Å². The van der Waals surface area contributed by atoms with Crippen LogP contribution in [0.1, 0.15) is 107 Å². The number of nitrogens with zero attached hydrogens (tertiary/aromatic N) is 4. The molecule has 0 spiro atoms. The lowest BCUT2D eigenvalue weighted by molar-refractivity contribution is -0.151. The predicted molar refractivity (Wildman–Crippen MR) is 161 cm³/mol. The molecule has 2 fully saturated rings. The second kappa shape index (κ2) is 12.3. The molecule has 1 aliphatic carbocycles. The Morgan fingerprint density at radius 2 is 1.81 bits per heavy atom. The van der Waals surface area contributed by atoms with Gasteiger partial charge in [0.2, 0.25) is 0 Å². The molecule has 0 unspecified atom stereocenters. The number of carbonyl (C=O) groups excluding carboxylic acids is 2. The fourth-order valence-corrected chi connectivity index (χ4v) is 6.42. The molecule has 1 aliphatic heterocycles. The van der Waals surface area contributed by atoms with Crippen LogP contribution in [0, 0.1) is 5.92 Å². The monoisotopic (exact) mass is 576 g/mol. The Balaban J connectivity index is 1.60. The number of methoxy groups -OCH3 is 1. The zero-order chi connectivity index (χ0) is 30.0. The highest BCUT2D eigenvalue weighted by molar-refractivity contribution is 5.97. The number of imidazole rings is 1. The van der Waals surface area contributed by atoms with Crippen molar-refractivity contribution in [1.29, 1.82) is 0 Å². The van der Waals surface area contributed by atoms with E-state index in [1.54, 1.807) is 13.3 Å². The van der Waals surface area contributed by atoms with Gasteiger partial charge in [-0.05, 0) is 76.5 Å². The number of fused-ring (bicyclic) bond motifs is 1. The first-order valence-corrected chi connectivity index (χ1v) is 15.3. The number of hydrogen-bond acceptors (Lipinski definition) is 7. The summed E-state index contributed by atoms with van der Waals surface area (Å²) in [6.45, 7) is 10.2. The maximum absolute atomic E-state index is 14.7. The molecule has 0 radical (unpaired) electrons. The first-order chi connectivity index (χ1) is 20.1. The predicted octanol–water partition coefficient (Wildman–Crippen LogP) is 6.58. The van der Waals surface area contributed by atoms with Gasteiger partial charge in [-0.15, -0.1) is 0 Å². The van der Waals surface area contributed by atoms with Crippen LogP contribution in [0.15, 0.2) is 30.5 Å². The van der Waals surface area contributed by atoms with Gasteiger partial charge in [0.25, 0.3) is 5.91 Å². The summed E-state index contributed by atoms with van der Waals surface area (Å²) in [7, 11) is 1.59. The van der Waals surface area contributed by atoms with E-state index in [9.17, 15) is 9.59 Å². The van der Waals surface area contributed by atoms with E-state index < -0.39 is 5.54 Å². The minimum Gasteiger partial charge on any atom is -0.495 e. The van der Waals surface area contributed by atoms with E-state index >= 15 is 0 Å². The molecule has 2 aromatic heterocycles. The Morgan fingerprint density at radius 3 is 2.50 bits per heavy atom. The largest absolute Gasteiger partial charge is 0.495 e. The summed E-state index contributed by atoms with van der Waals surface area (Å²) in [5.74, 6) is 1.71. The number of benzene rings is 1. The molecule has 3 heterocycles. The summed E-state index contributed by atoms with van der Waals surface area (Å²) in [6.07, 6.45) is 8.73. The van der Waals surface area contributed by atoms with Crippen LogP contribution >= 0.6 is 0 Å². The van der Waals surface area contributed by atoms with Crippen LogP contribution in [0.3, 0.4) is 0 Å². The number of carbonyl (C=O) groups is 2. The molecule has 42 heavy (non-hydrogen) atoms. The lowest BCUT2D eigenvalue weighted by Gasteiger charge is -2.44. The number of rotatable bonds is 9. The highest BCUT2D eigenvalue weighted by Gasteiger charge is 2.44. The van der Waals surface area contributed by atoms with Gasteiger partial charge in [-0.3, -0.25) is 14.2 Å². The highest BCUT2D eigenvalue weighted by atomic mass is 16.5. The van der Waals surface area contributed by atoms with Crippen molar-refractivity contribution in [3.8, 4) is 11.5 Å². The third-order valence-electron chi connectivity index (χ3n) is 8.66. The second-order valence-corrected chi connectivity index (χ2v) is 12.4. The maximum atomic E-state index is 14.7. The van der Waals surface area contributed by atoms with Gasteiger partial charge in [0.1, 0.15) is 17.3 Å². The van der Waals surface area contributed by atoms with Crippen molar-refractivity contribution in [2.75, 3.05) is 13.7 Å². The lowest BCUT2D eigenvalue weighted by atomic mass is 9.85. The van der Waals surface area contributed by atoms with Crippen LogP contribution in [0.25, 0.3) is 11.2 Å². The van der Waals surface area contributed by atoms with Crippen LogP contribution in [-0.2, 0) is 21.8 Å². The van der Waals surface area contributed by atoms with Crippen molar-refractivity contribution in [1.82, 2.24) is 19.4 Å². The number of piperidine rings is 1. The molecule has 0 bridgehead atoms. The van der Waals surface area contributed by atoms with Gasteiger partial charge in [-0.1, -0.05) is 32.8 Å². The van der Waals surface area contributed by atoms with Gasteiger partial charge in [0.05, 0.1) is 36.4 Å². The smallest absolute Gasteiger partial charge is 0.310 e. The van der Waals surface area contributed by atoms with Gasteiger partial charge in [0.15, 0.2) is 12.4 Å². The summed E-state index contributed by atoms with van der Waals surface area (Å²) >= 11 is 0. The van der Waals surface area contributed by atoms with E-state index in [1.165, 1.54) is 12.8 Å². The normalized spacial score (nSPS) is 19.6. The van der Waals surface area contributed by atoms with Crippen molar-refractivity contribution in [3.63, 3.8) is 0 Å². The molecule has 3 aromatic rings. The minimum atomic E-state index is -0.755. The van der Waals surface area contributed by atoms with Crippen molar-refractivity contribution in [2.24, 2.45) is 5.92 Å². The number of amides is 1. The number of likely N-dealkylation sites (tertiary alicyclic amines) is 1. The van der Waals surface area contributed by atoms with Crippen LogP contribution < -0.4 is 9.47 Å². The molecule has 5 rings (SSSR count). The molecule has 1 saturated carbocycles. The van der Waals surface area contributed by atoms with Crippen LogP contribution in [0.2, 0.25) is 0 Å². The van der Waals surface area contributed by atoms with Crippen LogP contribution in [-0.4, -0.2) is 51.1 Å². The van der Waals surface area contributed by atoms with Crippen LogP contribution in [0.5, 0.6) is 11.5 Å². The van der Waals surface area contributed by atoms with Gasteiger partial charge in [0, 0.05) is 18.2 Å². The number of hydrogen-bond donors (Lipinski definition) is 0. The summed E-state index contributed by atoms with van der Waals surface area (Å²) in [6, 6.07) is 7.89. The fraction of sp³-hybridized carbons (Fsp3) is 0.576. The Labute approximate surface area is 248 Å². The number of esters is 1. The Hall–Kier alpha value is -3.62. The van der Waals surface area contributed by atoms with Crippen molar-refractivity contribution >= 4 is 23.0 Å². The molecule has 0 N–H and O–H groups in total. The molecule has 1 saturated heterocycles. The fourth-order valence-electron chi connectivity index (χ4n) is 6.42. The average molecular weight is 577 g/mol. The third kappa shape index (κ3) is 5.83. The van der Waals surface area contributed by atoms with E-state index in [-0.39, 0.29) is 30.6 Å². The maximum Gasteiger partial charge on any atom is 0.310 e. The highest BCUT2D eigenvalue weighted by Crippen LogP contribution is 2.42. The molecule has 9 nitrogen and oxygen atoms in total. The molecule has 2 aliphatic rings. The molecule has 1 aromatic carbocycles. The Morgan fingerprint density at radius 1 is 1.05 bits per heavy atom. The van der Waals surface area contributed by atoms with Gasteiger partial charge < -0.3 is 19.1 Å². The second-order valence-electron chi connectivity index (χ2n) is 12.4.